The standard InChI is InChI=1S/C22H28N6/c1-3-5-20-25-17(2)14-21(26-20)27-12-4-6-19(16-27)22-24-11-13-28(22)15-18-7-9-23-10-8-18/h7-11,13-14,19H,3-6,12,15-16H2,1-2H3/t19-/m0/s1. The van der Waals surface area contributed by atoms with Crippen molar-refractivity contribution in [2.24, 2.45) is 0 Å². The van der Waals surface area contributed by atoms with Gasteiger partial charge in [0.2, 0.25) is 0 Å². The molecule has 146 valence electrons. The minimum atomic E-state index is 0.412. The van der Waals surface area contributed by atoms with E-state index < -0.39 is 0 Å². The summed E-state index contributed by atoms with van der Waals surface area (Å²) >= 11 is 0. The Kier molecular flexibility index (Phi) is 5.65. The average Bonchev–Trinajstić information content (AvgIpc) is 3.17. The lowest BCUT2D eigenvalue weighted by Gasteiger charge is -2.33. The number of rotatable bonds is 6. The van der Waals surface area contributed by atoms with E-state index in [4.69, 9.17) is 9.97 Å². The molecule has 4 heterocycles. The highest BCUT2D eigenvalue weighted by atomic mass is 15.2. The number of hydrogen-bond acceptors (Lipinski definition) is 5. The van der Waals surface area contributed by atoms with E-state index in [0.29, 0.717) is 5.92 Å². The van der Waals surface area contributed by atoms with Crippen molar-refractivity contribution in [1.82, 2.24) is 24.5 Å². The number of hydrogen-bond donors (Lipinski definition) is 0. The molecule has 0 unspecified atom stereocenters. The molecule has 1 saturated heterocycles. The Morgan fingerprint density at radius 3 is 2.82 bits per heavy atom. The SMILES string of the molecule is CCCc1nc(C)cc(N2CCC[C@H](c3nccn3Cc3ccncc3)C2)n1. The van der Waals surface area contributed by atoms with Gasteiger partial charge in [-0.25, -0.2) is 15.0 Å². The Balaban J connectivity index is 1.53. The van der Waals surface area contributed by atoms with Crippen LogP contribution in [0.25, 0.3) is 0 Å². The quantitative estimate of drug-likeness (QED) is 0.655. The first kappa shape index (κ1) is 18.6. The zero-order chi connectivity index (χ0) is 19.3. The van der Waals surface area contributed by atoms with Crippen LogP contribution in [0.3, 0.4) is 0 Å². The van der Waals surface area contributed by atoms with E-state index >= 15 is 0 Å². The molecule has 0 amide bonds. The molecule has 4 rings (SSSR count). The van der Waals surface area contributed by atoms with E-state index in [2.05, 4.69) is 57.7 Å². The second-order valence-corrected chi connectivity index (χ2v) is 7.59. The maximum Gasteiger partial charge on any atom is 0.132 e. The normalized spacial score (nSPS) is 17.1. The second kappa shape index (κ2) is 8.50. The van der Waals surface area contributed by atoms with Crippen molar-refractivity contribution in [2.45, 2.75) is 52.0 Å². The van der Waals surface area contributed by atoms with Gasteiger partial charge in [0.25, 0.3) is 0 Å². The van der Waals surface area contributed by atoms with E-state index in [9.17, 15) is 0 Å². The topological polar surface area (TPSA) is 59.7 Å². The van der Waals surface area contributed by atoms with Crippen LogP contribution in [0.2, 0.25) is 0 Å². The summed E-state index contributed by atoms with van der Waals surface area (Å²) in [6.45, 7) is 7.07. The van der Waals surface area contributed by atoms with Crippen LogP contribution in [-0.2, 0) is 13.0 Å². The fourth-order valence-electron chi connectivity index (χ4n) is 4.00. The van der Waals surface area contributed by atoms with E-state index in [1.807, 2.05) is 18.6 Å². The van der Waals surface area contributed by atoms with E-state index in [0.717, 1.165) is 62.7 Å². The third-order valence-corrected chi connectivity index (χ3v) is 5.32. The molecule has 6 nitrogen and oxygen atoms in total. The van der Waals surface area contributed by atoms with Gasteiger partial charge < -0.3 is 9.47 Å². The summed E-state index contributed by atoms with van der Waals surface area (Å²) in [5, 5.41) is 0. The van der Waals surface area contributed by atoms with Crippen LogP contribution in [0.5, 0.6) is 0 Å². The summed E-state index contributed by atoms with van der Waals surface area (Å²) in [6.07, 6.45) is 12.0. The van der Waals surface area contributed by atoms with Gasteiger partial charge in [-0.15, -0.1) is 0 Å². The predicted molar refractivity (Wildman–Crippen MR) is 111 cm³/mol. The molecule has 0 aliphatic carbocycles. The minimum Gasteiger partial charge on any atom is -0.356 e. The summed E-state index contributed by atoms with van der Waals surface area (Å²) in [4.78, 5) is 20.7. The molecule has 0 bridgehead atoms. The van der Waals surface area contributed by atoms with Gasteiger partial charge in [0.05, 0.1) is 0 Å². The highest BCUT2D eigenvalue weighted by molar-refractivity contribution is 5.41. The fourth-order valence-corrected chi connectivity index (χ4v) is 4.00. The van der Waals surface area contributed by atoms with Gasteiger partial charge >= 0.3 is 0 Å². The molecule has 0 radical (unpaired) electrons. The number of aryl methyl sites for hydroxylation is 2. The number of pyridine rings is 1. The number of piperidine rings is 1. The van der Waals surface area contributed by atoms with Crippen LogP contribution in [0.4, 0.5) is 5.82 Å². The molecule has 0 aromatic carbocycles. The average molecular weight is 377 g/mol. The molecule has 6 heteroatoms. The number of nitrogens with zero attached hydrogens (tertiary/aromatic N) is 6. The van der Waals surface area contributed by atoms with Gasteiger partial charge in [-0.2, -0.15) is 0 Å². The maximum absolute atomic E-state index is 4.83. The largest absolute Gasteiger partial charge is 0.356 e. The lowest BCUT2D eigenvalue weighted by molar-refractivity contribution is 0.473. The molecule has 1 fully saturated rings. The zero-order valence-corrected chi connectivity index (χ0v) is 16.8. The first-order valence-corrected chi connectivity index (χ1v) is 10.2. The zero-order valence-electron chi connectivity index (χ0n) is 16.8. The first-order valence-electron chi connectivity index (χ1n) is 10.2. The summed E-state index contributed by atoms with van der Waals surface area (Å²) in [5.41, 5.74) is 2.30. The van der Waals surface area contributed by atoms with E-state index in [1.165, 1.54) is 11.4 Å². The Labute approximate surface area is 166 Å². The monoisotopic (exact) mass is 376 g/mol. The Hall–Kier alpha value is -2.76. The maximum atomic E-state index is 4.83. The first-order chi connectivity index (χ1) is 13.7. The molecular formula is C22H28N6. The third kappa shape index (κ3) is 4.21. The van der Waals surface area contributed by atoms with Crippen molar-refractivity contribution in [3.63, 3.8) is 0 Å². The third-order valence-electron chi connectivity index (χ3n) is 5.32. The number of imidazole rings is 1. The Morgan fingerprint density at radius 2 is 2.00 bits per heavy atom. The number of anilines is 1. The molecule has 1 aliphatic heterocycles. The van der Waals surface area contributed by atoms with Crippen LogP contribution in [0.1, 0.15) is 55.0 Å². The van der Waals surface area contributed by atoms with E-state index in [1.54, 1.807) is 0 Å². The molecule has 3 aromatic heterocycles. The molecule has 0 N–H and O–H groups in total. The summed E-state index contributed by atoms with van der Waals surface area (Å²) in [5.74, 6) is 3.60. The lowest BCUT2D eigenvalue weighted by atomic mass is 9.97. The van der Waals surface area contributed by atoms with Gasteiger partial charge in [0, 0.05) is 68.5 Å². The summed E-state index contributed by atoms with van der Waals surface area (Å²) < 4.78 is 2.28. The molecule has 1 aliphatic rings. The molecule has 3 aromatic rings. The molecular weight excluding hydrogens is 348 g/mol. The van der Waals surface area contributed by atoms with Gasteiger partial charge in [0.15, 0.2) is 0 Å². The molecule has 28 heavy (non-hydrogen) atoms. The highest BCUT2D eigenvalue weighted by Crippen LogP contribution is 2.29. The smallest absolute Gasteiger partial charge is 0.132 e. The Bertz CT molecular complexity index is 904. The van der Waals surface area contributed by atoms with Crippen molar-refractivity contribution < 1.29 is 0 Å². The van der Waals surface area contributed by atoms with E-state index in [-0.39, 0.29) is 0 Å². The fraction of sp³-hybridized carbons (Fsp3) is 0.455. The van der Waals surface area contributed by atoms with Crippen molar-refractivity contribution >= 4 is 5.82 Å². The van der Waals surface area contributed by atoms with Crippen molar-refractivity contribution in [3.8, 4) is 0 Å². The van der Waals surface area contributed by atoms with Crippen LogP contribution >= 0.6 is 0 Å². The van der Waals surface area contributed by atoms with Gasteiger partial charge in [-0.3, -0.25) is 4.98 Å². The van der Waals surface area contributed by atoms with Crippen molar-refractivity contribution in [2.75, 3.05) is 18.0 Å². The minimum absolute atomic E-state index is 0.412. The summed E-state index contributed by atoms with van der Waals surface area (Å²) in [6, 6.07) is 6.25. The Morgan fingerprint density at radius 1 is 1.14 bits per heavy atom. The summed E-state index contributed by atoms with van der Waals surface area (Å²) in [7, 11) is 0. The van der Waals surface area contributed by atoms with Crippen molar-refractivity contribution in [1.29, 1.82) is 0 Å². The van der Waals surface area contributed by atoms with Gasteiger partial charge in [-0.1, -0.05) is 6.92 Å². The van der Waals surface area contributed by atoms with Crippen molar-refractivity contribution in [3.05, 3.63) is 65.9 Å². The molecule has 0 saturated carbocycles. The van der Waals surface area contributed by atoms with Crippen LogP contribution in [0.15, 0.2) is 43.0 Å². The molecule has 0 spiro atoms. The second-order valence-electron chi connectivity index (χ2n) is 7.59. The van der Waals surface area contributed by atoms with Crippen LogP contribution in [-0.4, -0.2) is 37.6 Å². The van der Waals surface area contributed by atoms with Crippen LogP contribution < -0.4 is 4.90 Å². The predicted octanol–water partition coefficient (Wildman–Crippen LogP) is 3.76. The highest BCUT2D eigenvalue weighted by Gasteiger charge is 2.26. The molecule has 1 atom stereocenters. The van der Waals surface area contributed by atoms with Gasteiger partial charge in [0.1, 0.15) is 17.5 Å². The number of aromatic nitrogens is 5. The lowest BCUT2D eigenvalue weighted by Crippen LogP contribution is -2.36. The van der Waals surface area contributed by atoms with Gasteiger partial charge in [-0.05, 0) is 43.9 Å². The van der Waals surface area contributed by atoms with Crippen LogP contribution in [0, 0.1) is 6.92 Å².